The van der Waals surface area contributed by atoms with Crippen LogP contribution in [0.3, 0.4) is 0 Å². The second-order valence-electron chi connectivity index (χ2n) is 14.0. The first-order valence-corrected chi connectivity index (χ1v) is 18.1. The predicted octanol–water partition coefficient (Wildman–Crippen LogP) is 7.34. The third-order valence-electron chi connectivity index (χ3n) is 10.4. The van der Waals surface area contributed by atoms with E-state index in [2.05, 4.69) is 37.9 Å². The van der Waals surface area contributed by atoms with Gasteiger partial charge in [0.1, 0.15) is 34.7 Å². The number of nitrogens with one attached hydrogen (secondary N) is 1. The Hall–Kier alpha value is -4.07. The van der Waals surface area contributed by atoms with Gasteiger partial charge in [-0.05, 0) is 55.8 Å². The number of piperazine rings is 1. The van der Waals surface area contributed by atoms with Crippen LogP contribution in [0.4, 0.5) is 14.6 Å². The molecule has 2 N–H and O–H groups in total. The molecule has 2 aromatic heterocycles. The number of rotatable bonds is 13. The summed E-state index contributed by atoms with van der Waals surface area (Å²) in [4.78, 5) is 18.7. The fourth-order valence-electron chi connectivity index (χ4n) is 7.94. The average molecular weight is 669 g/mol. The van der Waals surface area contributed by atoms with Crippen molar-refractivity contribution in [3.63, 3.8) is 0 Å². The molecule has 49 heavy (non-hydrogen) atoms. The van der Waals surface area contributed by atoms with E-state index in [1.807, 2.05) is 0 Å². The van der Waals surface area contributed by atoms with Gasteiger partial charge in [-0.25, -0.2) is 8.78 Å². The SMILES string of the molecule is C#Cc1c(F)ccc2cc(O)cc(-c3ncc4c(N5CC6CCC(C5)N6)nc(OC5CCN(CCCCCCCCCC)C5)nc4c3F)c12. The van der Waals surface area contributed by atoms with Crippen LogP contribution in [0.1, 0.15) is 83.1 Å². The first-order chi connectivity index (χ1) is 23.9. The molecule has 8 nitrogen and oxygen atoms in total. The van der Waals surface area contributed by atoms with Gasteiger partial charge in [0.15, 0.2) is 5.82 Å². The molecule has 3 atom stereocenters. The van der Waals surface area contributed by atoms with Crippen LogP contribution in [-0.2, 0) is 0 Å². The molecule has 4 aromatic rings. The van der Waals surface area contributed by atoms with Gasteiger partial charge in [-0.3, -0.25) is 9.88 Å². The number of ether oxygens (including phenoxy) is 1. The highest BCUT2D eigenvalue weighted by molar-refractivity contribution is 6.03. The highest BCUT2D eigenvalue weighted by Gasteiger charge is 2.35. The number of halogens is 2. The van der Waals surface area contributed by atoms with Gasteiger partial charge < -0.3 is 20.1 Å². The molecule has 2 bridgehead atoms. The normalized spacial score (nSPS) is 20.8. The molecule has 3 aliphatic heterocycles. The second kappa shape index (κ2) is 14.8. The molecule has 3 saturated heterocycles. The molecule has 0 spiro atoms. The number of aromatic hydroxyl groups is 1. The highest BCUT2D eigenvalue weighted by Crippen LogP contribution is 2.39. The van der Waals surface area contributed by atoms with E-state index in [1.165, 1.54) is 75.6 Å². The first-order valence-electron chi connectivity index (χ1n) is 18.1. The van der Waals surface area contributed by atoms with Crippen molar-refractivity contribution in [1.29, 1.82) is 0 Å². The summed E-state index contributed by atoms with van der Waals surface area (Å²) >= 11 is 0. The van der Waals surface area contributed by atoms with Crippen molar-refractivity contribution in [1.82, 2.24) is 25.2 Å². The predicted molar refractivity (Wildman–Crippen MR) is 190 cm³/mol. The fourth-order valence-corrected chi connectivity index (χ4v) is 7.94. The number of nitrogens with zero attached hydrogens (tertiary/aromatic N) is 5. The quantitative estimate of drug-likeness (QED) is 0.113. The Labute approximate surface area is 287 Å². The summed E-state index contributed by atoms with van der Waals surface area (Å²) < 4.78 is 38.1. The van der Waals surface area contributed by atoms with Crippen LogP contribution in [0.15, 0.2) is 30.5 Å². The van der Waals surface area contributed by atoms with E-state index >= 15 is 4.39 Å². The number of phenolic OH excluding ortho intramolecular Hbond substituents is 1. The Kier molecular flexibility index (Phi) is 10.1. The molecule has 0 saturated carbocycles. The summed E-state index contributed by atoms with van der Waals surface area (Å²) in [5.74, 6) is 1.58. The van der Waals surface area contributed by atoms with Crippen LogP contribution in [-0.4, -0.2) is 75.9 Å². The summed E-state index contributed by atoms with van der Waals surface area (Å²) in [7, 11) is 0. The molecule has 2 aromatic carbocycles. The van der Waals surface area contributed by atoms with Crippen LogP contribution in [0.5, 0.6) is 11.8 Å². The van der Waals surface area contributed by atoms with Crippen molar-refractivity contribution < 1.29 is 18.6 Å². The Morgan fingerprint density at radius 1 is 0.980 bits per heavy atom. The van der Waals surface area contributed by atoms with Crippen molar-refractivity contribution in [2.24, 2.45) is 0 Å². The van der Waals surface area contributed by atoms with Gasteiger partial charge in [0.05, 0.1) is 10.9 Å². The number of unbranched alkanes of at least 4 members (excludes halogenated alkanes) is 7. The Balaban J connectivity index is 1.17. The van der Waals surface area contributed by atoms with Gasteiger partial charge in [0, 0.05) is 55.4 Å². The molecule has 3 fully saturated rings. The zero-order valence-corrected chi connectivity index (χ0v) is 28.4. The number of hydrogen-bond acceptors (Lipinski definition) is 8. The van der Waals surface area contributed by atoms with Gasteiger partial charge in [0.25, 0.3) is 0 Å². The zero-order valence-electron chi connectivity index (χ0n) is 28.4. The molecule has 10 heteroatoms. The first kappa shape index (κ1) is 33.4. The number of benzene rings is 2. The monoisotopic (exact) mass is 668 g/mol. The topological polar surface area (TPSA) is 86.6 Å². The molecular weight excluding hydrogens is 622 g/mol. The molecular formula is C39H46F2N6O2. The molecule has 3 aliphatic rings. The van der Waals surface area contributed by atoms with Crippen molar-refractivity contribution in [2.75, 3.05) is 37.6 Å². The van der Waals surface area contributed by atoms with E-state index in [1.54, 1.807) is 6.20 Å². The summed E-state index contributed by atoms with van der Waals surface area (Å²) in [6.07, 6.45) is 20.5. The van der Waals surface area contributed by atoms with E-state index in [9.17, 15) is 9.50 Å². The van der Waals surface area contributed by atoms with Crippen LogP contribution >= 0.6 is 0 Å². The summed E-state index contributed by atoms with van der Waals surface area (Å²) in [6.45, 7) is 6.51. The largest absolute Gasteiger partial charge is 0.508 e. The number of anilines is 1. The standard InChI is InChI=1S/C39H46F2N6O2/c1-3-5-6-7-8-9-10-11-17-46-18-16-29(24-46)49-39-44-37-32(38(45-39)47-22-26-13-14-27(23-47)43-26)21-42-36(35(37)41)31-20-28(48)19-25-12-15-33(40)30(4-2)34(25)31/h2,12,15,19-21,26-27,29,43,48H,3,5-11,13-14,16-18,22-24H2,1H3. The van der Waals surface area contributed by atoms with Gasteiger partial charge in [-0.15, -0.1) is 6.42 Å². The highest BCUT2D eigenvalue weighted by atomic mass is 19.1. The molecule has 7 rings (SSSR count). The minimum absolute atomic E-state index is 0.0183. The van der Waals surface area contributed by atoms with Gasteiger partial charge in [-0.2, -0.15) is 9.97 Å². The summed E-state index contributed by atoms with van der Waals surface area (Å²) in [6, 6.07) is 6.41. The lowest BCUT2D eigenvalue weighted by molar-refractivity contribution is 0.185. The van der Waals surface area contributed by atoms with Crippen molar-refractivity contribution in [2.45, 2.75) is 95.7 Å². The number of phenols is 1. The van der Waals surface area contributed by atoms with Gasteiger partial charge >= 0.3 is 6.01 Å². The molecule has 5 heterocycles. The van der Waals surface area contributed by atoms with E-state index in [-0.39, 0.29) is 40.2 Å². The average Bonchev–Trinajstić information content (AvgIpc) is 3.69. The van der Waals surface area contributed by atoms with Crippen LogP contribution in [0.2, 0.25) is 0 Å². The minimum Gasteiger partial charge on any atom is -0.508 e. The fraction of sp³-hybridized carbons (Fsp3) is 0.513. The zero-order chi connectivity index (χ0) is 33.9. The number of aromatic nitrogens is 3. The van der Waals surface area contributed by atoms with E-state index in [0.717, 1.165) is 52.0 Å². The maximum absolute atomic E-state index is 16.8. The Morgan fingerprint density at radius 3 is 2.49 bits per heavy atom. The van der Waals surface area contributed by atoms with Crippen LogP contribution in [0, 0.1) is 24.0 Å². The lowest BCUT2D eigenvalue weighted by atomic mass is 9.96. The molecule has 258 valence electrons. The number of likely N-dealkylation sites (tertiary alicyclic amines) is 1. The van der Waals surface area contributed by atoms with Crippen molar-refractivity contribution in [3.8, 4) is 35.4 Å². The van der Waals surface area contributed by atoms with Crippen molar-refractivity contribution in [3.05, 3.63) is 47.7 Å². The lowest BCUT2D eigenvalue weighted by Gasteiger charge is -2.34. The Bertz CT molecular complexity index is 1850. The smallest absolute Gasteiger partial charge is 0.319 e. The summed E-state index contributed by atoms with van der Waals surface area (Å²) in [5.41, 5.74) is 0.163. The van der Waals surface area contributed by atoms with Gasteiger partial charge in [-0.1, -0.05) is 63.9 Å². The molecule has 0 aliphatic carbocycles. The van der Waals surface area contributed by atoms with E-state index < -0.39 is 11.6 Å². The molecule has 3 unspecified atom stereocenters. The van der Waals surface area contributed by atoms with E-state index in [0.29, 0.717) is 34.1 Å². The van der Waals surface area contributed by atoms with Crippen molar-refractivity contribution >= 4 is 27.5 Å². The number of pyridine rings is 1. The maximum atomic E-state index is 16.8. The third-order valence-corrected chi connectivity index (χ3v) is 10.4. The third kappa shape index (κ3) is 7.15. The lowest BCUT2D eigenvalue weighted by Crippen LogP contribution is -2.51. The second-order valence-corrected chi connectivity index (χ2v) is 14.0. The number of hydrogen-bond donors (Lipinski definition) is 2. The van der Waals surface area contributed by atoms with E-state index in [4.69, 9.17) is 16.1 Å². The minimum atomic E-state index is -0.703. The van der Waals surface area contributed by atoms with Gasteiger partial charge in [0.2, 0.25) is 0 Å². The molecule has 0 radical (unpaired) electrons. The number of terminal acetylenes is 1. The molecule has 0 amide bonds. The van der Waals surface area contributed by atoms with Crippen LogP contribution in [0.25, 0.3) is 32.9 Å². The number of fused-ring (bicyclic) bond motifs is 4. The Morgan fingerprint density at radius 2 is 1.73 bits per heavy atom. The van der Waals surface area contributed by atoms with Crippen LogP contribution < -0.4 is 15.0 Å². The summed E-state index contributed by atoms with van der Waals surface area (Å²) in [5, 5.41) is 15.5. The maximum Gasteiger partial charge on any atom is 0.319 e.